The summed E-state index contributed by atoms with van der Waals surface area (Å²) in [6, 6.07) is 17.5. The molecule has 1 aliphatic rings. The van der Waals surface area contributed by atoms with Gasteiger partial charge < -0.3 is 9.32 Å². The van der Waals surface area contributed by atoms with Crippen LogP contribution in [-0.4, -0.2) is 17.4 Å². The highest BCUT2D eigenvalue weighted by atomic mass is 16.4. The quantitative estimate of drug-likeness (QED) is 0.725. The number of aromatic nitrogens is 1. The lowest BCUT2D eigenvalue weighted by molar-refractivity contribution is 0.0963. The SMILES string of the molecule is O=C(c1cnc(-c2ccccc2)o1)N1CCc2ccccc21. The summed E-state index contributed by atoms with van der Waals surface area (Å²) in [4.78, 5) is 18.6. The maximum absolute atomic E-state index is 12.6. The number of anilines is 1. The van der Waals surface area contributed by atoms with Gasteiger partial charge in [0.15, 0.2) is 0 Å². The van der Waals surface area contributed by atoms with Crippen LogP contribution in [0.25, 0.3) is 11.5 Å². The van der Waals surface area contributed by atoms with Crippen molar-refractivity contribution in [1.29, 1.82) is 0 Å². The fourth-order valence-electron chi connectivity index (χ4n) is 2.77. The average molecular weight is 290 g/mol. The molecule has 22 heavy (non-hydrogen) atoms. The summed E-state index contributed by atoms with van der Waals surface area (Å²) >= 11 is 0. The van der Waals surface area contributed by atoms with E-state index in [9.17, 15) is 4.79 Å². The molecule has 0 N–H and O–H groups in total. The second kappa shape index (κ2) is 5.15. The molecule has 1 aliphatic heterocycles. The number of amides is 1. The highest BCUT2D eigenvalue weighted by Crippen LogP contribution is 2.29. The summed E-state index contributed by atoms with van der Waals surface area (Å²) in [5, 5.41) is 0. The van der Waals surface area contributed by atoms with Gasteiger partial charge in [0.05, 0.1) is 6.20 Å². The van der Waals surface area contributed by atoms with Gasteiger partial charge in [0.25, 0.3) is 5.91 Å². The van der Waals surface area contributed by atoms with Crippen LogP contribution < -0.4 is 4.90 Å². The number of rotatable bonds is 2. The first-order chi connectivity index (χ1) is 10.8. The number of benzene rings is 2. The second-order valence-electron chi connectivity index (χ2n) is 5.23. The van der Waals surface area contributed by atoms with Crippen LogP contribution >= 0.6 is 0 Å². The van der Waals surface area contributed by atoms with E-state index in [-0.39, 0.29) is 11.7 Å². The van der Waals surface area contributed by atoms with Crippen LogP contribution in [-0.2, 0) is 6.42 Å². The summed E-state index contributed by atoms with van der Waals surface area (Å²) in [6.07, 6.45) is 2.38. The van der Waals surface area contributed by atoms with Gasteiger partial charge in [-0.15, -0.1) is 0 Å². The molecule has 0 bridgehead atoms. The molecule has 4 rings (SSSR count). The Morgan fingerprint density at radius 1 is 1.05 bits per heavy atom. The molecule has 0 aliphatic carbocycles. The number of para-hydroxylation sites is 1. The van der Waals surface area contributed by atoms with Crippen LogP contribution in [0, 0.1) is 0 Å². The summed E-state index contributed by atoms with van der Waals surface area (Å²) < 4.78 is 5.66. The Balaban J connectivity index is 1.64. The number of carbonyl (C=O) groups is 1. The van der Waals surface area contributed by atoms with Gasteiger partial charge in [0.1, 0.15) is 0 Å². The van der Waals surface area contributed by atoms with E-state index in [0.29, 0.717) is 12.4 Å². The largest absolute Gasteiger partial charge is 0.431 e. The van der Waals surface area contributed by atoms with Gasteiger partial charge in [-0.25, -0.2) is 4.98 Å². The molecular weight excluding hydrogens is 276 g/mol. The second-order valence-corrected chi connectivity index (χ2v) is 5.23. The number of nitrogens with zero attached hydrogens (tertiary/aromatic N) is 2. The van der Waals surface area contributed by atoms with E-state index in [0.717, 1.165) is 17.7 Å². The standard InChI is InChI=1S/C18H14N2O2/c21-18(20-11-10-13-6-4-5-9-15(13)20)16-12-19-17(22-16)14-7-2-1-3-8-14/h1-9,12H,10-11H2. The Labute approximate surface area is 128 Å². The first kappa shape index (κ1) is 12.8. The smallest absolute Gasteiger partial charge is 0.295 e. The van der Waals surface area contributed by atoms with E-state index in [1.807, 2.05) is 48.5 Å². The summed E-state index contributed by atoms with van der Waals surface area (Å²) in [6.45, 7) is 0.680. The molecule has 108 valence electrons. The highest BCUT2D eigenvalue weighted by Gasteiger charge is 2.27. The monoisotopic (exact) mass is 290 g/mol. The molecular formula is C18H14N2O2. The summed E-state index contributed by atoms with van der Waals surface area (Å²) in [7, 11) is 0. The molecule has 0 spiro atoms. The van der Waals surface area contributed by atoms with Crippen LogP contribution in [0.4, 0.5) is 5.69 Å². The molecule has 1 amide bonds. The van der Waals surface area contributed by atoms with E-state index >= 15 is 0 Å². The molecule has 0 atom stereocenters. The molecule has 0 unspecified atom stereocenters. The van der Waals surface area contributed by atoms with Gasteiger partial charge in [-0.05, 0) is 30.2 Å². The molecule has 0 radical (unpaired) electrons. The molecule has 0 fully saturated rings. The predicted molar refractivity (Wildman–Crippen MR) is 83.8 cm³/mol. The Hall–Kier alpha value is -2.88. The Morgan fingerprint density at radius 2 is 1.82 bits per heavy atom. The number of hydrogen-bond acceptors (Lipinski definition) is 3. The third-order valence-corrected chi connectivity index (χ3v) is 3.87. The zero-order valence-electron chi connectivity index (χ0n) is 11.9. The molecule has 4 nitrogen and oxygen atoms in total. The number of hydrogen-bond donors (Lipinski definition) is 0. The van der Waals surface area contributed by atoms with Crippen molar-refractivity contribution in [2.45, 2.75) is 6.42 Å². The van der Waals surface area contributed by atoms with E-state index < -0.39 is 0 Å². The summed E-state index contributed by atoms with van der Waals surface area (Å²) in [5.41, 5.74) is 3.02. The lowest BCUT2D eigenvalue weighted by Gasteiger charge is -2.15. The fourth-order valence-corrected chi connectivity index (χ4v) is 2.77. The van der Waals surface area contributed by atoms with Crippen molar-refractivity contribution < 1.29 is 9.21 Å². The van der Waals surface area contributed by atoms with Gasteiger partial charge in [-0.2, -0.15) is 0 Å². The topological polar surface area (TPSA) is 46.3 Å². The minimum absolute atomic E-state index is 0.139. The van der Waals surface area contributed by atoms with Gasteiger partial charge in [0.2, 0.25) is 11.7 Å². The van der Waals surface area contributed by atoms with Crippen LogP contribution in [0.1, 0.15) is 16.1 Å². The molecule has 2 heterocycles. The zero-order valence-corrected chi connectivity index (χ0v) is 11.9. The number of fused-ring (bicyclic) bond motifs is 1. The Bertz CT molecular complexity index is 824. The molecule has 4 heteroatoms. The predicted octanol–water partition coefficient (Wildman–Crippen LogP) is 3.54. The van der Waals surface area contributed by atoms with Crippen LogP contribution in [0.2, 0.25) is 0 Å². The van der Waals surface area contributed by atoms with Crippen molar-refractivity contribution >= 4 is 11.6 Å². The molecule has 0 saturated carbocycles. The van der Waals surface area contributed by atoms with Gasteiger partial charge in [-0.1, -0.05) is 36.4 Å². The highest BCUT2D eigenvalue weighted by molar-refractivity contribution is 6.05. The molecule has 1 aromatic heterocycles. The van der Waals surface area contributed by atoms with Crippen molar-refractivity contribution in [3.63, 3.8) is 0 Å². The first-order valence-corrected chi connectivity index (χ1v) is 7.24. The van der Waals surface area contributed by atoms with Crippen LogP contribution in [0.3, 0.4) is 0 Å². The Kier molecular flexibility index (Phi) is 3.00. The van der Waals surface area contributed by atoms with Crippen molar-refractivity contribution in [2.24, 2.45) is 0 Å². The lowest BCUT2D eigenvalue weighted by Crippen LogP contribution is -2.28. The first-order valence-electron chi connectivity index (χ1n) is 7.24. The average Bonchev–Trinajstić information content (AvgIpc) is 3.22. The fraction of sp³-hybridized carbons (Fsp3) is 0.111. The van der Waals surface area contributed by atoms with Gasteiger partial charge in [-0.3, -0.25) is 4.79 Å². The van der Waals surface area contributed by atoms with E-state index in [2.05, 4.69) is 11.1 Å². The third-order valence-electron chi connectivity index (χ3n) is 3.87. The van der Waals surface area contributed by atoms with Gasteiger partial charge >= 0.3 is 0 Å². The number of carbonyl (C=O) groups excluding carboxylic acids is 1. The van der Waals surface area contributed by atoms with Crippen LogP contribution in [0.15, 0.2) is 65.2 Å². The molecule has 0 saturated heterocycles. The summed E-state index contributed by atoms with van der Waals surface area (Å²) in [5.74, 6) is 0.603. The van der Waals surface area contributed by atoms with Crippen molar-refractivity contribution in [3.05, 3.63) is 72.1 Å². The molecule has 2 aromatic carbocycles. The van der Waals surface area contributed by atoms with Crippen molar-refractivity contribution in [1.82, 2.24) is 4.98 Å². The number of oxazole rings is 1. The van der Waals surface area contributed by atoms with E-state index in [4.69, 9.17) is 4.42 Å². The maximum Gasteiger partial charge on any atom is 0.295 e. The van der Waals surface area contributed by atoms with Crippen molar-refractivity contribution in [2.75, 3.05) is 11.4 Å². The lowest BCUT2D eigenvalue weighted by atomic mass is 10.2. The minimum Gasteiger partial charge on any atom is -0.431 e. The van der Waals surface area contributed by atoms with Crippen molar-refractivity contribution in [3.8, 4) is 11.5 Å². The third kappa shape index (κ3) is 2.09. The Morgan fingerprint density at radius 3 is 2.68 bits per heavy atom. The minimum atomic E-state index is -0.139. The normalized spacial score (nSPS) is 13.2. The maximum atomic E-state index is 12.6. The van der Waals surface area contributed by atoms with E-state index in [1.54, 1.807) is 4.90 Å². The zero-order chi connectivity index (χ0) is 14.9. The van der Waals surface area contributed by atoms with Gasteiger partial charge in [0, 0.05) is 17.8 Å². The molecule has 3 aromatic rings. The van der Waals surface area contributed by atoms with E-state index in [1.165, 1.54) is 11.8 Å². The van der Waals surface area contributed by atoms with Crippen LogP contribution in [0.5, 0.6) is 0 Å².